The minimum absolute atomic E-state index is 0.447. The van der Waals surface area contributed by atoms with E-state index in [0.717, 1.165) is 18.8 Å². The maximum Gasteiger partial charge on any atom is 0.122 e. The minimum Gasteiger partial charge on any atom is -0.494 e. The fraction of sp³-hybridized carbons (Fsp3) is 0.647. The highest BCUT2D eigenvalue weighted by molar-refractivity contribution is 5.39. The Balaban J connectivity index is 2.11. The molecular weight excluding hydrogens is 236 g/mol. The summed E-state index contributed by atoms with van der Waals surface area (Å²) in [5.41, 5.74) is 2.71. The summed E-state index contributed by atoms with van der Waals surface area (Å²) < 4.78 is 11.3. The smallest absolute Gasteiger partial charge is 0.122 e. The maximum absolute atomic E-state index is 5.71. The van der Waals surface area contributed by atoms with E-state index in [1.807, 2.05) is 6.92 Å². The van der Waals surface area contributed by atoms with Gasteiger partial charge in [-0.05, 0) is 49.3 Å². The Hall–Kier alpha value is -1.02. The lowest BCUT2D eigenvalue weighted by Crippen LogP contribution is -2.09. The molecule has 1 saturated heterocycles. The summed E-state index contributed by atoms with van der Waals surface area (Å²) >= 11 is 0. The standard InChI is InChI=1S/C17H26O2/c1-6-18-16-8-7-14(10-15(16)11(2)3)9-12(4)17-13(5)19-17/h7-8,10-13,17H,6,9H2,1-5H3. The van der Waals surface area contributed by atoms with Gasteiger partial charge in [0.15, 0.2) is 0 Å². The predicted molar refractivity (Wildman–Crippen MR) is 78.9 cm³/mol. The van der Waals surface area contributed by atoms with E-state index in [0.29, 0.717) is 24.0 Å². The van der Waals surface area contributed by atoms with E-state index in [-0.39, 0.29) is 0 Å². The van der Waals surface area contributed by atoms with Gasteiger partial charge >= 0.3 is 0 Å². The molecule has 2 rings (SSSR count). The fourth-order valence-corrected chi connectivity index (χ4v) is 2.75. The van der Waals surface area contributed by atoms with Gasteiger partial charge in [0.25, 0.3) is 0 Å². The van der Waals surface area contributed by atoms with Crippen LogP contribution in [0.15, 0.2) is 18.2 Å². The molecule has 0 saturated carbocycles. The number of hydrogen-bond acceptors (Lipinski definition) is 2. The molecule has 1 aromatic rings. The summed E-state index contributed by atoms with van der Waals surface area (Å²) in [6.45, 7) is 11.6. The lowest BCUT2D eigenvalue weighted by atomic mass is 9.93. The third-order valence-corrected chi connectivity index (χ3v) is 3.87. The zero-order valence-corrected chi connectivity index (χ0v) is 12.8. The van der Waals surface area contributed by atoms with Crippen molar-refractivity contribution in [3.8, 4) is 5.75 Å². The van der Waals surface area contributed by atoms with E-state index in [9.17, 15) is 0 Å². The van der Waals surface area contributed by atoms with Gasteiger partial charge < -0.3 is 9.47 Å². The largest absolute Gasteiger partial charge is 0.494 e. The van der Waals surface area contributed by atoms with E-state index in [1.165, 1.54) is 11.1 Å². The van der Waals surface area contributed by atoms with Crippen LogP contribution in [0.1, 0.15) is 51.7 Å². The van der Waals surface area contributed by atoms with Crippen molar-refractivity contribution >= 4 is 0 Å². The van der Waals surface area contributed by atoms with Crippen molar-refractivity contribution in [3.63, 3.8) is 0 Å². The van der Waals surface area contributed by atoms with Crippen molar-refractivity contribution in [1.82, 2.24) is 0 Å². The summed E-state index contributed by atoms with van der Waals surface area (Å²) in [5.74, 6) is 2.12. The van der Waals surface area contributed by atoms with E-state index in [4.69, 9.17) is 9.47 Å². The van der Waals surface area contributed by atoms with Crippen LogP contribution in [0.3, 0.4) is 0 Å². The van der Waals surface area contributed by atoms with Gasteiger partial charge in [0.05, 0.1) is 18.8 Å². The minimum atomic E-state index is 0.447. The second-order valence-electron chi connectivity index (χ2n) is 5.95. The summed E-state index contributed by atoms with van der Waals surface area (Å²) in [4.78, 5) is 0. The Morgan fingerprint density at radius 2 is 1.95 bits per heavy atom. The first-order chi connectivity index (χ1) is 9.02. The average molecular weight is 262 g/mol. The van der Waals surface area contributed by atoms with Crippen LogP contribution < -0.4 is 4.74 Å². The average Bonchev–Trinajstić information content (AvgIpc) is 3.08. The second kappa shape index (κ2) is 5.96. The van der Waals surface area contributed by atoms with Gasteiger partial charge in [-0.25, -0.2) is 0 Å². The van der Waals surface area contributed by atoms with Crippen LogP contribution in [0.2, 0.25) is 0 Å². The Kier molecular flexibility index (Phi) is 4.51. The van der Waals surface area contributed by atoms with E-state index >= 15 is 0 Å². The first-order valence-electron chi connectivity index (χ1n) is 7.44. The first kappa shape index (κ1) is 14.4. The molecule has 0 bridgehead atoms. The molecule has 3 unspecified atom stereocenters. The van der Waals surface area contributed by atoms with Gasteiger partial charge in [-0.15, -0.1) is 0 Å². The van der Waals surface area contributed by atoms with Crippen LogP contribution in [0.4, 0.5) is 0 Å². The molecule has 0 aliphatic carbocycles. The van der Waals surface area contributed by atoms with Crippen molar-refractivity contribution in [2.24, 2.45) is 5.92 Å². The fourth-order valence-electron chi connectivity index (χ4n) is 2.75. The molecule has 0 spiro atoms. The lowest BCUT2D eigenvalue weighted by Gasteiger charge is -2.16. The third-order valence-electron chi connectivity index (χ3n) is 3.87. The number of hydrogen-bond donors (Lipinski definition) is 0. The second-order valence-corrected chi connectivity index (χ2v) is 5.95. The number of ether oxygens (including phenoxy) is 2. The molecule has 3 atom stereocenters. The zero-order valence-electron chi connectivity index (χ0n) is 12.8. The molecule has 1 fully saturated rings. The monoisotopic (exact) mass is 262 g/mol. The summed E-state index contributed by atoms with van der Waals surface area (Å²) in [5, 5.41) is 0. The predicted octanol–water partition coefficient (Wildman–Crippen LogP) is 4.17. The van der Waals surface area contributed by atoms with Crippen LogP contribution >= 0.6 is 0 Å². The topological polar surface area (TPSA) is 21.8 Å². The molecule has 1 aliphatic rings. The van der Waals surface area contributed by atoms with Gasteiger partial charge in [-0.3, -0.25) is 0 Å². The molecule has 2 heteroatoms. The maximum atomic E-state index is 5.71. The van der Waals surface area contributed by atoms with E-state index < -0.39 is 0 Å². The van der Waals surface area contributed by atoms with Gasteiger partial charge in [-0.2, -0.15) is 0 Å². The Labute approximate surface area is 117 Å². The highest BCUT2D eigenvalue weighted by Crippen LogP contribution is 2.33. The number of benzene rings is 1. The van der Waals surface area contributed by atoms with Crippen LogP contribution in [-0.4, -0.2) is 18.8 Å². The van der Waals surface area contributed by atoms with Crippen LogP contribution in [0, 0.1) is 5.92 Å². The van der Waals surface area contributed by atoms with Crippen LogP contribution in [-0.2, 0) is 11.2 Å². The quantitative estimate of drug-likeness (QED) is 0.718. The van der Waals surface area contributed by atoms with E-state index in [2.05, 4.69) is 45.9 Å². The third kappa shape index (κ3) is 3.50. The van der Waals surface area contributed by atoms with Crippen LogP contribution in [0.25, 0.3) is 0 Å². The molecule has 106 valence electrons. The lowest BCUT2D eigenvalue weighted by molar-refractivity contribution is 0.327. The summed E-state index contributed by atoms with van der Waals surface area (Å²) in [6.07, 6.45) is 1.98. The highest BCUT2D eigenvalue weighted by Gasteiger charge is 2.38. The molecule has 19 heavy (non-hydrogen) atoms. The van der Waals surface area contributed by atoms with Crippen molar-refractivity contribution < 1.29 is 9.47 Å². The molecule has 0 amide bonds. The van der Waals surface area contributed by atoms with E-state index in [1.54, 1.807) is 0 Å². The van der Waals surface area contributed by atoms with Gasteiger partial charge in [0.2, 0.25) is 0 Å². The van der Waals surface area contributed by atoms with Crippen molar-refractivity contribution in [2.75, 3.05) is 6.61 Å². The zero-order chi connectivity index (χ0) is 14.0. The van der Waals surface area contributed by atoms with Gasteiger partial charge in [0, 0.05) is 0 Å². The Morgan fingerprint density at radius 1 is 1.26 bits per heavy atom. The Morgan fingerprint density at radius 3 is 2.47 bits per heavy atom. The molecule has 1 aromatic carbocycles. The normalized spacial score (nSPS) is 23.5. The van der Waals surface area contributed by atoms with Crippen molar-refractivity contribution in [1.29, 1.82) is 0 Å². The summed E-state index contributed by atoms with van der Waals surface area (Å²) in [6, 6.07) is 6.62. The molecule has 1 heterocycles. The first-order valence-corrected chi connectivity index (χ1v) is 7.44. The van der Waals surface area contributed by atoms with Crippen molar-refractivity contribution in [2.45, 2.75) is 59.2 Å². The SMILES string of the molecule is CCOc1ccc(CC(C)C2OC2C)cc1C(C)C. The summed E-state index contributed by atoms with van der Waals surface area (Å²) in [7, 11) is 0. The van der Waals surface area contributed by atoms with Gasteiger partial charge in [-0.1, -0.05) is 32.9 Å². The highest BCUT2D eigenvalue weighted by atomic mass is 16.6. The molecule has 1 aliphatic heterocycles. The van der Waals surface area contributed by atoms with Gasteiger partial charge in [0.1, 0.15) is 5.75 Å². The molecule has 0 radical (unpaired) electrons. The number of epoxide rings is 1. The Bertz CT molecular complexity index is 425. The molecular formula is C17H26O2. The van der Waals surface area contributed by atoms with Crippen molar-refractivity contribution in [3.05, 3.63) is 29.3 Å². The molecule has 0 aromatic heterocycles. The molecule has 2 nitrogen and oxygen atoms in total. The molecule has 0 N–H and O–H groups in total. The number of rotatable bonds is 6. The van der Waals surface area contributed by atoms with Crippen LogP contribution in [0.5, 0.6) is 5.75 Å².